The van der Waals surface area contributed by atoms with Crippen molar-refractivity contribution >= 4 is 32.8 Å². The number of hydrogen-bond donors (Lipinski definition) is 0. The lowest BCUT2D eigenvalue weighted by molar-refractivity contribution is 0.00688. The number of esters is 1. The molecule has 0 bridgehead atoms. The first kappa shape index (κ1) is 20.1. The number of hydrogen-bond acceptors (Lipinski definition) is 4. The molecule has 1 aromatic carbocycles. The molecular formula is C18H29NO2S2. The van der Waals surface area contributed by atoms with Crippen LogP contribution in [0.25, 0.3) is 0 Å². The van der Waals surface area contributed by atoms with Crippen molar-refractivity contribution in [1.29, 1.82) is 0 Å². The molecule has 0 aliphatic heterocycles. The van der Waals surface area contributed by atoms with Crippen LogP contribution in [0.2, 0.25) is 0 Å². The van der Waals surface area contributed by atoms with Crippen LogP contribution < -0.4 is 0 Å². The van der Waals surface area contributed by atoms with Crippen molar-refractivity contribution < 1.29 is 9.53 Å². The van der Waals surface area contributed by atoms with Crippen molar-refractivity contribution in [2.45, 2.75) is 33.3 Å². The number of carbonyl (C=O) groups is 1. The lowest BCUT2D eigenvalue weighted by atomic mass is 10.1. The van der Waals surface area contributed by atoms with Crippen molar-refractivity contribution in [3.05, 3.63) is 34.9 Å². The molecule has 0 heterocycles. The monoisotopic (exact) mass is 355 g/mol. The van der Waals surface area contributed by atoms with Crippen molar-refractivity contribution in [1.82, 2.24) is 0 Å². The molecule has 0 atom stereocenters. The lowest BCUT2D eigenvalue weighted by Gasteiger charge is -2.22. The van der Waals surface area contributed by atoms with E-state index in [1.54, 1.807) is 11.8 Å². The SMILES string of the molecule is CSC(=NCS(C)(C)C)c1ccc(C(=O)OC(C)(C)C)c(C)c1. The summed E-state index contributed by atoms with van der Waals surface area (Å²) in [6, 6.07) is 5.82. The molecule has 0 fully saturated rings. The molecule has 0 saturated carbocycles. The molecule has 0 N–H and O–H groups in total. The molecule has 0 aromatic heterocycles. The van der Waals surface area contributed by atoms with Crippen LogP contribution >= 0.6 is 21.8 Å². The zero-order valence-electron chi connectivity index (χ0n) is 15.5. The third-order valence-electron chi connectivity index (χ3n) is 2.88. The number of rotatable bonds is 4. The number of aryl methyl sites for hydroxylation is 1. The minimum absolute atomic E-state index is 0.275. The van der Waals surface area contributed by atoms with Crippen molar-refractivity contribution in [2.75, 3.05) is 30.9 Å². The molecule has 0 radical (unpaired) electrons. The predicted molar refractivity (Wildman–Crippen MR) is 107 cm³/mol. The van der Waals surface area contributed by atoms with Gasteiger partial charge in [0, 0.05) is 5.56 Å². The van der Waals surface area contributed by atoms with Gasteiger partial charge in [-0.15, -0.1) is 11.8 Å². The summed E-state index contributed by atoms with van der Waals surface area (Å²) in [5.74, 6) is 0.582. The molecule has 23 heavy (non-hydrogen) atoms. The fourth-order valence-electron chi connectivity index (χ4n) is 1.88. The summed E-state index contributed by atoms with van der Waals surface area (Å²) in [7, 11) is -0.664. The van der Waals surface area contributed by atoms with E-state index in [9.17, 15) is 4.79 Å². The van der Waals surface area contributed by atoms with Crippen LogP contribution in [-0.4, -0.2) is 47.5 Å². The van der Waals surface area contributed by atoms with Crippen LogP contribution in [0, 0.1) is 6.92 Å². The molecule has 1 aromatic rings. The summed E-state index contributed by atoms with van der Waals surface area (Å²) in [6.07, 6.45) is 8.80. The number of nitrogens with zero attached hydrogens (tertiary/aromatic N) is 1. The van der Waals surface area contributed by atoms with Gasteiger partial charge in [-0.2, -0.15) is 0 Å². The van der Waals surface area contributed by atoms with E-state index in [1.165, 1.54) is 0 Å². The second-order valence-corrected chi connectivity index (χ2v) is 12.7. The van der Waals surface area contributed by atoms with E-state index in [0.29, 0.717) is 5.56 Å². The Balaban J connectivity index is 3.05. The Kier molecular flexibility index (Phi) is 6.78. The maximum Gasteiger partial charge on any atom is 0.338 e. The van der Waals surface area contributed by atoms with Crippen molar-refractivity contribution in [3.8, 4) is 0 Å². The third kappa shape index (κ3) is 7.00. The number of benzene rings is 1. The molecule has 0 amide bonds. The molecule has 0 saturated heterocycles. The predicted octanol–water partition coefficient (Wildman–Crippen LogP) is 4.71. The first-order valence-corrected chi connectivity index (χ1v) is 11.8. The van der Waals surface area contributed by atoms with Gasteiger partial charge in [0.2, 0.25) is 0 Å². The number of thioether (sulfide) groups is 1. The van der Waals surface area contributed by atoms with Crippen LogP contribution in [0.1, 0.15) is 42.3 Å². The molecule has 0 aliphatic carbocycles. The summed E-state index contributed by atoms with van der Waals surface area (Å²) in [5.41, 5.74) is 2.11. The summed E-state index contributed by atoms with van der Waals surface area (Å²) in [6.45, 7) is 7.57. The standard InChI is InChI=1S/C18H29NO2S2/c1-13-11-14(16(22-5)19-12-23(6,7)8)9-10-15(13)17(20)21-18(2,3)4/h9-11H,12H2,1-8H3. The maximum atomic E-state index is 12.2. The van der Waals surface area contributed by atoms with Crippen molar-refractivity contribution in [2.24, 2.45) is 4.99 Å². The van der Waals surface area contributed by atoms with Gasteiger partial charge in [-0.3, -0.25) is 4.99 Å². The minimum Gasteiger partial charge on any atom is -0.456 e. The van der Waals surface area contributed by atoms with Crippen molar-refractivity contribution in [3.63, 3.8) is 0 Å². The third-order valence-corrected chi connectivity index (χ3v) is 4.54. The number of carbonyl (C=O) groups excluding carboxylic acids is 1. The molecular weight excluding hydrogens is 326 g/mol. The van der Waals surface area contributed by atoms with Gasteiger partial charge >= 0.3 is 5.97 Å². The van der Waals surface area contributed by atoms with E-state index in [-0.39, 0.29) is 5.97 Å². The topological polar surface area (TPSA) is 38.7 Å². The van der Waals surface area contributed by atoms with Crippen LogP contribution in [-0.2, 0) is 4.74 Å². The van der Waals surface area contributed by atoms with E-state index >= 15 is 0 Å². The van der Waals surface area contributed by atoms with E-state index < -0.39 is 15.6 Å². The van der Waals surface area contributed by atoms with Gasteiger partial charge in [0.1, 0.15) is 5.60 Å². The maximum absolute atomic E-state index is 12.2. The fourth-order valence-corrected chi connectivity index (χ4v) is 3.04. The Morgan fingerprint density at radius 2 is 1.87 bits per heavy atom. The smallest absolute Gasteiger partial charge is 0.338 e. The molecule has 0 unspecified atom stereocenters. The summed E-state index contributed by atoms with van der Waals surface area (Å²) in [5, 5.41) is 1.02. The Labute approximate surface area is 146 Å². The highest BCUT2D eigenvalue weighted by Crippen LogP contribution is 2.34. The fraction of sp³-hybridized carbons (Fsp3) is 0.556. The second-order valence-electron chi connectivity index (χ2n) is 7.42. The molecule has 130 valence electrons. The van der Waals surface area contributed by atoms with Gasteiger partial charge < -0.3 is 4.74 Å². The van der Waals surface area contributed by atoms with Gasteiger partial charge in [0.15, 0.2) is 0 Å². The number of aliphatic imine (C=N–C) groups is 1. The highest BCUT2D eigenvalue weighted by molar-refractivity contribution is 8.32. The van der Waals surface area contributed by atoms with E-state index in [1.807, 2.05) is 52.1 Å². The molecule has 1 rings (SSSR count). The van der Waals surface area contributed by atoms with Crippen LogP contribution in [0.15, 0.2) is 23.2 Å². The summed E-state index contributed by atoms with van der Waals surface area (Å²) >= 11 is 1.64. The van der Waals surface area contributed by atoms with Crippen LogP contribution in [0.3, 0.4) is 0 Å². The second kappa shape index (κ2) is 7.75. The zero-order valence-corrected chi connectivity index (χ0v) is 17.2. The Morgan fingerprint density at radius 1 is 1.26 bits per heavy atom. The largest absolute Gasteiger partial charge is 0.456 e. The van der Waals surface area contributed by atoms with Gasteiger partial charge in [0.25, 0.3) is 0 Å². The molecule has 5 heteroatoms. The average molecular weight is 356 g/mol. The highest BCUT2D eigenvalue weighted by Gasteiger charge is 2.19. The van der Waals surface area contributed by atoms with Crippen LogP contribution in [0.4, 0.5) is 0 Å². The van der Waals surface area contributed by atoms with Gasteiger partial charge in [-0.25, -0.2) is 14.8 Å². The Morgan fingerprint density at radius 3 is 2.30 bits per heavy atom. The highest BCUT2D eigenvalue weighted by atomic mass is 32.3. The first-order chi connectivity index (χ1) is 10.4. The quantitative estimate of drug-likeness (QED) is 0.446. The number of ether oxygens (including phenoxy) is 1. The van der Waals surface area contributed by atoms with E-state index in [4.69, 9.17) is 9.73 Å². The van der Waals surface area contributed by atoms with Crippen LogP contribution in [0.5, 0.6) is 0 Å². The van der Waals surface area contributed by atoms with Gasteiger partial charge in [-0.05, 0) is 70.4 Å². The summed E-state index contributed by atoms with van der Waals surface area (Å²) in [4.78, 5) is 17.0. The minimum atomic E-state index is -0.664. The van der Waals surface area contributed by atoms with Gasteiger partial charge in [-0.1, -0.05) is 6.07 Å². The first-order valence-electron chi connectivity index (χ1n) is 7.52. The molecule has 0 spiro atoms. The summed E-state index contributed by atoms with van der Waals surface area (Å²) < 4.78 is 5.45. The van der Waals surface area contributed by atoms with E-state index in [0.717, 1.165) is 22.0 Å². The normalized spacial score (nSPS) is 13.8. The Bertz CT molecular complexity index is 596. The molecule has 3 nitrogen and oxygen atoms in total. The van der Waals surface area contributed by atoms with E-state index in [2.05, 4.69) is 18.8 Å². The molecule has 0 aliphatic rings. The zero-order chi connectivity index (χ0) is 17.8. The van der Waals surface area contributed by atoms with Gasteiger partial charge in [0.05, 0.1) is 16.5 Å². The average Bonchev–Trinajstić information content (AvgIpc) is 2.36. The lowest BCUT2D eigenvalue weighted by Crippen LogP contribution is -2.24. The Hall–Kier alpha value is -0.940.